The molecule has 148 valence electrons. The van der Waals surface area contributed by atoms with Crippen molar-refractivity contribution >= 4 is 23.2 Å². The van der Waals surface area contributed by atoms with Gasteiger partial charge in [0.15, 0.2) is 6.61 Å². The fourth-order valence-electron chi connectivity index (χ4n) is 2.79. The number of nitrogens with one attached hydrogen (secondary N) is 2. The van der Waals surface area contributed by atoms with Crippen LogP contribution in [-0.4, -0.2) is 18.4 Å². The molecule has 0 aliphatic carbocycles. The van der Waals surface area contributed by atoms with Crippen LogP contribution in [0.1, 0.15) is 35.7 Å². The van der Waals surface area contributed by atoms with Crippen LogP contribution in [0.4, 0.5) is 11.4 Å². The fourth-order valence-corrected chi connectivity index (χ4v) is 2.79. The predicted molar refractivity (Wildman–Crippen MR) is 115 cm³/mol. The maximum absolute atomic E-state index is 12.6. The highest BCUT2D eigenvalue weighted by molar-refractivity contribution is 6.10. The third-order valence-corrected chi connectivity index (χ3v) is 4.39. The summed E-state index contributed by atoms with van der Waals surface area (Å²) in [4.78, 5) is 24.9. The quantitative estimate of drug-likeness (QED) is 0.593. The lowest BCUT2D eigenvalue weighted by Crippen LogP contribution is -2.22. The Balaban J connectivity index is 1.61. The topological polar surface area (TPSA) is 67.4 Å². The van der Waals surface area contributed by atoms with Crippen LogP contribution in [-0.2, 0) is 4.79 Å². The highest BCUT2D eigenvalue weighted by Crippen LogP contribution is 2.20. The van der Waals surface area contributed by atoms with Crippen LogP contribution >= 0.6 is 0 Å². The molecule has 0 unspecified atom stereocenters. The second kappa shape index (κ2) is 9.55. The van der Waals surface area contributed by atoms with Crippen LogP contribution in [0.25, 0.3) is 0 Å². The molecule has 2 N–H and O–H groups in total. The highest BCUT2D eigenvalue weighted by Gasteiger charge is 2.13. The van der Waals surface area contributed by atoms with Crippen molar-refractivity contribution in [2.24, 2.45) is 0 Å². The second-order valence-corrected chi connectivity index (χ2v) is 6.93. The van der Waals surface area contributed by atoms with Gasteiger partial charge in [-0.2, -0.15) is 0 Å². The van der Waals surface area contributed by atoms with E-state index in [9.17, 15) is 9.59 Å². The molecule has 3 aromatic carbocycles. The predicted octanol–water partition coefficient (Wildman–Crippen LogP) is 5.08. The van der Waals surface area contributed by atoms with E-state index in [1.807, 2.05) is 42.5 Å². The van der Waals surface area contributed by atoms with Gasteiger partial charge in [-0.1, -0.05) is 56.3 Å². The van der Waals surface area contributed by atoms with E-state index < -0.39 is 0 Å². The van der Waals surface area contributed by atoms with E-state index in [1.54, 1.807) is 36.4 Å². The van der Waals surface area contributed by atoms with Crippen molar-refractivity contribution < 1.29 is 14.3 Å². The first kappa shape index (κ1) is 20.1. The molecule has 5 heteroatoms. The maximum atomic E-state index is 12.6. The first-order valence-corrected chi connectivity index (χ1v) is 9.51. The van der Waals surface area contributed by atoms with Crippen molar-refractivity contribution in [3.8, 4) is 5.75 Å². The average molecular weight is 388 g/mol. The van der Waals surface area contributed by atoms with Gasteiger partial charge in [-0.15, -0.1) is 0 Å². The third-order valence-electron chi connectivity index (χ3n) is 4.39. The number of hydrogen-bond acceptors (Lipinski definition) is 3. The maximum Gasteiger partial charge on any atom is 0.262 e. The Hall–Kier alpha value is -3.60. The van der Waals surface area contributed by atoms with Gasteiger partial charge in [-0.25, -0.2) is 0 Å². The van der Waals surface area contributed by atoms with Crippen LogP contribution in [0, 0.1) is 0 Å². The number of benzene rings is 3. The van der Waals surface area contributed by atoms with Gasteiger partial charge in [0, 0.05) is 5.69 Å². The first-order chi connectivity index (χ1) is 14.0. The molecule has 0 saturated carbocycles. The van der Waals surface area contributed by atoms with Crippen molar-refractivity contribution in [2.45, 2.75) is 19.8 Å². The number of hydrogen-bond donors (Lipinski definition) is 2. The summed E-state index contributed by atoms with van der Waals surface area (Å²) in [5.41, 5.74) is 2.71. The van der Waals surface area contributed by atoms with Gasteiger partial charge in [0.25, 0.3) is 11.8 Å². The Morgan fingerprint density at radius 3 is 2.17 bits per heavy atom. The Morgan fingerprint density at radius 2 is 1.48 bits per heavy atom. The van der Waals surface area contributed by atoms with Crippen LogP contribution in [0.3, 0.4) is 0 Å². The van der Waals surface area contributed by atoms with E-state index in [0.717, 1.165) is 0 Å². The van der Waals surface area contributed by atoms with Crippen LogP contribution in [0.2, 0.25) is 0 Å². The Bertz CT molecular complexity index is 967. The molecule has 0 bridgehead atoms. The lowest BCUT2D eigenvalue weighted by atomic mass is 10.0. The molecule has 0 aromatic heterocycles. The minimum Gasteiger partial charge on any atom is -0.484 e. The number of carbonyl (C=O) groups is 2. The number of rotatable bonds is 7. The molecule has 0 spiro atoms. The molecular weight excluding hydrogens is 364 g/mol. The molecule has 0 radical (unpaired) electrons. The number of para-hydroxylation sites is 2. The van der Waals surface area contributed by atoms with Gasteiger partial charge in [-0.05, 0) is 47.9 Å². The number of amides is 2. The molecule has 29 heavy (non-hydrogen) atoms. The molecular formula is C24H24N2O3. The summed E-state index contributed by atoms with van der Waals surface area (Å²) in [5.74, 6) is 0.431. The van der Waals surface area contributed by atoms with Gasteiger partial charge in [0.2, 0.25) is 0 Å². The Labute approximate surface area is 170 Å². The second-order valence-electron chi connectivity index (χ2n) is 6.93. The smallest absolute Gasteiger partial charge is 0.262 e. The lowest BCUT2D eigenvalue weighted by Gasteiger charge is -2.12. The molecule has 3 rings (SSSR count). The lowest BCUT2D eigenvalue weighted by molar-refractivity contribution is -0.118. The zero-order chi connectivity index (χ0) is 20.6. The minimum absolute atomic E-state index is 0.143. The van der Waals surface area contributed by atoms with Gasteiger partial charge >= 0.3 is 0 Å². The van der Waals surface area contributed by atoms with Crippen molar-refractivity contribution in [1.29, 1.82) is 0 Å². The summed E-state index contributed by atoms with van der Waals surface area (Å²) in [6.45, 7) is 4.10. The number of carbonyl (C=O) groups excluding carboxylic acids is 2. The Morgan fingerprint density at radius 1 is 0.828 bits per heavy atom. The van der Waals surface area contributed by atoms with Crippen molar-refractivity contribution in [1.82, 2.24) is 0 Å². The molecule has 2 amide bonds. The van der Waals surface area contributed by atoms with Crippen molar-refractivity contribution in [2.75, 3.05) is 17.2 Å². The standard InChI is InChI=1S/C24H24N2O3/c1-17(2)18-12-14-20(15-13-18)29-16-23(27)26-22-11-7-6-10-21(22)24(28)25-19-8-4-3-5-9-19/h3-15,17H,16H2,1-2H3,(H,25,28)(H,26,27). The van der Waals surface area contributed by atoms with E-state index in [-0.39, 0.29) is 18.4 Å². The van der Waals surface area contributed by atoms with E-state index in [4.69, 9.17) is 4.74 Å². The SMILES string of the molecule is CC(C)c1ccc(OCC(=O)Nc2ccccc2C(=O)Nc2ccccc2)cc1. The largest absolute Gasteiger partial charge is 0.484 e. The van der Waals surface area contributed by atoms with E-state index in [0.29, 0.717) is 28.6 Å². The summed E-state index contributed by atoms with van der Waals surface area (Å²) in [7, 11) is 0. The van der Waals surface area contributed by atoms with Gasteiger partial charge < -0.3 is 15.4 Å². The molecule has 5 nitrogen and oxygen atoms in total. The molecule has 0 aliphatic rings. The molecule has 0 heterocycles. The fraction of sp³-hybridized carbons (Fsp3) is 0.167. The minimum atomic E-state index is -0.335. The molecule has 0 fully saturated rings. The number of ether oxygens (including phenoxy) is 1. The molecule has 0 saturated heterocycles. The summed E-state index contributed by atoms with van der Waals surface area (Å²) in [5, 5.41) is 5.57. The van der Waals surface area contributed by atoms with E-state index in [1.165, 1.54) is 5.56 Å². The van der Waals surface area contributed by atoms with E-state index >= 15 is 0 Å². The number of anilines is 2. The molecule has 0 aliphatic heterocycles. The zero-order valence-corrected chi connectivity index (χ0v) is 16.5. The monoisotopic (exact) mass is 388 g/mol. The Kier molecular flexibility index (Phi) is 6.63. The highest BCUT2D eigenvalue weighted by atomic mass is 16.5. The third kappa shape index (κ3) is 5.69. The van der Waals surface area contributed by atoms with Gasteiger partial charge in [0.1, 0.15) is 5.75 Å². The van der Waals surface area contributed by atoms with Crippen LogP contribution in [0.15, 0.2) is 78.9 Å². The summed E-state index contributed by atoms with van der Waals surface area (Å²) >= 11 is 0. The van der Waals surface area contributed by atoms with Gasteiger partial charge in [0.05, 0.1) is 11.3 Å². The van der Waals surface area contributed by atoms with Gasteiger partial charge in [-0.3, -0.25) is 9.59 Å². The summed E-state index contributed by atoms with van der Waals surface area (Å²) in [6.07, 6.45) is 0. The molecule has 3 aromatic rings. The summed E-state index contributed by atoms with van der Waals surface area (Å²) < 4.78 is 5.56. The zero-order valence-electron chi connectivity index (χ0n) is 16.5. The van der Waals surface area contributed by atoms with Crippen molar-refractivity contribution in [3.63, 3.8) is 0 Å². The first-order valence-electron chi connectivity index (χ1n) is 9.51. The van der Waals surface area contributed by atoms with Crippen LogP contribution < -0.4 is 15.4 Å². The van der Waals surface area contributed by atoms with Crippen LogP contribution in [0.5, 0.6) is 5.75 Å². The normalized spacial score (nSPS) is 10.4. The summed E-state index contributed by atoms with van der Waals surface area (Å²) in [6, 6.07) is 23.7. The molecule has 0 atom stereocenters. The average Bonchev–Trinajstić information content (AvgIpc) is 2.73. The van der Waals surface area contributed by atoms with Crippen molar-refractivity contribution in [3.05, 3.63) is 90.0 Å². The van der Waals surface area contributed by atoms with E-state index in [2.05, 4.69) is 24.5 Å².